The SMILES string of the molecule is COCC1(C(=O)Nc2ccc(CCN3CCSCC3)cc2)CCNCC1. The Morgan fingerprint density at radius 1 is 1.23 bits per heavy atom. The number of amides is 1. The monoisotopic (exact) mass is 377 g/mol. The van der Waals surface area contributed by atoms with Crippen molar-refractivity contribution in [2.45, 2.75) is 19.3 Å². The molecule has 0 radical (unpaired) electrons. The van der Waals surface area contributed by atoms with Gasteiger partial charge in [0.25, 0.3) is 0 Å². The largest absolute Gasteiger partial charge is 0.384 e. The molecule has 2 fully saturated rings. The number of hydrogen-bond donors (Lipinski definition) is 2. The predicted octanol–water partition coefficient (Wildman–Crippen LogP) is 2.23. The second-order valence-corrected chi connectivity index (χ2v) is 8.54. The molecule has 5 nitrogen and oxygen atoms in total. The van der Waals surface area contributed by atoms with Gasteiger partial charge in [-0.25, -0.2) is 0 Å². The maximum atomic E-state index is 12.9. The summed E-state index contributed by atoms with van der Waals surface area (Å²) in [5.74, 6) is 2.59. The van der Waals surface area contributed by atoms with Crippen molar-refractivity contribution in [1.29, 1.82) is 0 Å². The van der Waals surface area contributed by atoms with Gasteiger partial charge in [0.1, 0.15) is 0 Å². The summed E-state index contributed by atoms with van der Waals surface area (Å²) in [7, 11) is 1.67. The van der Waals surface area contributed by atoms with Crippen LogP contribution in [0.3, 0.4) is 0 Å². The van der Waals surface area contributed by atoms with Crippen LogP contribution in [0, 0.1) is 5.41 Å². The lowest BCUT2D eigenvalue weighted by molar-refractivity contribution is -0.130. The van der Waals surface area contributed by atoms with Crippen LogP contribution >= 0.6 is 11.8 Å². The molecule has 2 aliphatic rings. The third kappa shape index (κ3) is 5.22. The Hall–Kier alpha value is -1.08. The maximum absolute atomic E-state index is 12.9. The van der Waals surface area contributed by atoms with Gasteiger partial charge in [-0.1, -0.05) is 12.1 Å². The summed E-state index contributed by atoms with van der Waals surface area (Å²) in [6.07, 6.45) is 2.70. The summed E-state index contributed by atoms with van der Waals surface area (Å²) in [5, 5.41) is 6.43. The lowest BCUT2D eigenvalue weighted by atomic mass is 9.78. The highest BCUT2D eigenvalue weighted by Gasteiger charge is 2.39. The molecule has 0 spiro atoms. The number of hydrogen-bond acceptors (Lipinski definition) is 5. The quantitative estimate of drug-likeness (QED) is 0.763. The van der Waals surface area contributed by atoms with Crippen LogP contribution in [-0.2, 0) is 16.0 Å². The first-order chi connectivity index (χ1) is 12.7. The minimum Gasteiger partial charge on any atom is -0.384 e. The van der Waals surface area contributed by atoms with E-state index in [-0.39, 0.29) is 5.91 Å². The summed E-state index contributed by atoms with van der Waals surface area (Å²) in [4.78, 5) is 15.4. The van der Waals surface area contributed by atoms with E-state index in [1.807, 2.05) is 23.9 Å². The van der Waals surface area contributed by atoms with E-state index in [0.717, 1.165) is 44.6 Å². The topological polar surface area (TPSA) is 53.6 Å². The van der Waals surface area contributed by atoms with Gasteiger partial charge in [0.2, 0.25) is 5.91 Å². The average Bonchev–Trinajstić information content (AvgIpc) is 2.69. The van der Waals surface area contributed by atoms with E-state index in [0.29, 0.717) is 6.61 Å². The zero-order chi connectivity index (χ0) is 18.2. The molecule has 1 amide bonds. The van der Waals surface area contributed by atoms with E-state index in [9.17, 15) is 4.79 Å². The zero-order valence-electron chi connectivity index (χ0n) is 15.8. The molecule has 0 bridgehead atoms. The molecule has 0 atom stereocenters. The number of carbonyl (C=O) groups excluding carboxylic acids is 1. The number of methoxy groups -OCH3 is 1. The summed E-state index contributed by atoms with van der Waals surface area (Å²) >= 11 is 2.05. The highest BCUT2D eigenvalue weighted by Crippen LogP contribution is 2.31. The molecule has 0 aliphatic carbocycles. The van der Waals surface area contributed by atoms with Gasteiger partial charge in [-0.05, 0) is 50.0 Å². The number of rotatable bonds is 7. The number of anilines is 1. The van der Waals surface area contributed by atoms with Crippen LogP contribution in [0.15, 0.2) is 24.3 Å². The van der Waals surface area contributed by atoms with Crippen molar-refractivity contribution in [2.75, 3.05) is 63.3 Å². The minimum atomic E-state index is -0.412. The van der Waals surface area contributed by atoms with Gasteiger partial charge >= 0.3 is 0 Å². The van der Waals surface area contributed by atoms with Crippen LogP contribution in [0.5, 0.6) is 0 Å². The van der Waals surface area contributed by atoms with Gasteiger partial charge in [0.15, 0.2) is 0 Å². The molecule has 1 aromatic rings. The van der Waals surface area contributed by atoms with E-state index in [4.69, 9.17) is 4.74 Å². The molecule has 2 N–H and O–H groups in total. The number of nitrogens with zero attached hydrogens (tertiary/aromatic N) is 1. The van der Waals surface area contributed by atoms with Crippen LogP contribution in [0.1, 0.15) is 18.4 Å². The summed E-state index contributed by atoms with van der Waals surface area (Å²) in [5.41, 5.74) is 1.79. The summed E-state index contributed by atoms with van der Waals surface area (Å²) in [6.45, 7) is 5.74. The summed E-state index contributed by atoms with van der Waals surface area (Å²) in [6, 6.07) is 8.33. The molecular formula is C20H31N3O2S. The third-order valence-electron chi connectivity index (χ3n) is 5.50. The van der Waals surface area contributed by atoms with Gasteiger partial charge in [0.05, 0.1) is 12.0 Å². The Morgan fingerprint density at radius 3 is 2.58 bits per heavy atom. The standard InChI is InChI=1S/C20H31N3O2S/c1-25-16-20(7-9-21-10-8-20)19(24)22-18-4-2-17(3-5-18)6-11-23-12-14-26-15-13-23/h2-5,21H,6-16H2,1H3,(H,22,24). The third-order valence-corrected chi connectivity index (χ3v) is 6.44. The van der Waals surface area contributed by atoms with E-state index in [2.05, 4.69) is 27.7 Å². The van der Waals surface area contributed by atoms with Gasteiger partial charge in [0, 0.05) is 43.9 Å². The van der Waals surface area contributed by atoms with Crippen molar-refractivity contribution in [3.63, 3.8) is 0 Å². The summed E-state index contributed by atoms with van der Waals surface area (Å²) < 4.78 is 5.36. The van der Waals surface area contributed by atoms with Gasteiger partial charge < -0.3 is 20.3 Å². The Balaban J connectivity index is 1.53. The Morgan fingerprint density at radius 2 is 1.92 bits per heavy atom. The predicted molar refractivity (Wildman–Crippen MR) is 109 cm³/mol. The minimum absolute atomic E-state index is 0.0828. The highest BCUT2D eigenvalue weighted by atomic mass is 32.2. The van der Waals surface area contributed by atoms with Crippen LogP contribution in [0.4, 0.5) is 5.69 Å². The zero-order valence-corrected chi connectivity index (χ0v) is 16.6. The second kappa shape index (κ2) is 9.74. The molecule has 0 aromatic heterocycles. The molecule has 2 heterocycles. The molecule has 0 unspecified atom stereocenters. The van der Waals surface area contributed by atoms with Crippen LogP contribution in [0.25, 0.3) is 0 Å². The number of ether oxygens (including phenoxy) is 1. The fourth-order valence-electron chi connectivity index (χ4n) is 3.75. The number of piperidine rings is 1. The first kappa shape index (κ1) is 19.7. The molecular weight excluding hydrogens is 346 g/mol. The van der Waals surface area contributed by atoms with E-state index >= 15 is 0 Å². The van der Waals surface area contributed by atoms with Gasteiger partial charge in [-0.2, -0.15) is 11.8 Å². The Bertz CT molecular complexity index is 561. The van der Waals surface area contributed by atoms with Crippen LogP contribution in [0.2, 0.25) is 0 Å². The fourth-order valence-corrected chi connectivity index (χ4v) is 4.73. The first-order valence-corrected chi connectivity index (χ1v) is 10.8. The van der Waals surface area contributed by atoms with Crippen molar-refractivity contribution in [3.8, 4) is 0 Å². The second-order valence-electron chi connectivity index (χ2n) is 7.32. The normalized spacial score (nSPS) is 20.7. The number of thioether (sulfide) groups is 1. The average molecular weight is 378 g/mol. The van der Waals surface area contributed by atoms with Crippen molar-refractivity contribution < 1.29 is 9.53 Å². The van der Waals surface area contributed by atoms with Crippen molar-refractivity contribution in [2.24, 2.45) is 5.41 Å². The van der Waals surface area contributed by atoms with Gasteiger partial charge in [-0.15, -0.1) is 0 Å². The van der Waals surface area contributed by atoms with E-state index in [1.54, 1.807) is 7.11 Å². The smallest absolute Gasteiger partial charge is 0.233 e. The van der Waals surface area contributed by atoms with Crippen molar-refractivity contribution in [3.05, 3.63) is 29.8 Å². The first-order valence-electron chi connectivity index (χ1n) is 9.62. The number of benzene rings is 1. The molecule has 2 aliphatic heterocycles. The molecule has 2 saturated heterocycles. The van der Waals surface area contributed by atoms with Crippen molar-refractivity contribution >= 4 is 23.4 Å². The molecule has 0 saturated carbocycles. The molecule has 6 heteroatoms. The van der Waals surface area contributed by atoms with E-state index < -0.39 is 5.41 Å². The lowest BCUT2D eigenvalue weighted by Gasteiger charge is -2.35. The Kier molecular flexibility index (Phi) is 7.37. The highest BCUT2D eigenvalue weighted by molar-refractivity contribution is 7.99. The molecule has 1 aromatic carbocycles. The molecule has 144 valence electrons. The molecule has 3 rings (SSSR count). The van der Waals surface area contributed by atoms with Crippen molar-refractivity contribution in [1.82, 2.24) is 10.2 Å². The van der Waals surface area contributed by atoms with E-state index in [1.165, 1.54) is 30.2 Å². The maximum Gasteiger partial charge on any atom is 0.233 e. The van der Waals surface area contributed by atoms with Gasteiger partial charge in [-0.3, -0.25) is 4.79 Å². The number of nitrogens with one attached hydrogen (secondary N) is 2. The fraction of sp³-hybridized carbons (Fsp3) is 0.650. The van der Waals surface area contributed by atoms with Crippen LogP contribution < -0.4 is 10.6 Å². The lowest BCUT2D eigenvalue weighted by Crippen LogP contribution is -2.47. The Labute approximate surface area is 161 Å². The van der Waals surface area contributed by atoms with Crippen LogP contribution in [-0.4, -0.2) is 68.8 Å². The number of carbonyl (C=O) groups is 1. The molecule has 26 heavy (non-hydrogen) atoms.